The van der Waals surface area contributed by atoms with Gasteiger partial charge in [0.2, 0.25) is 5.91 Å². The van der Waals surface area contributed by atoms with Crippen molar-refractivity contribution >= 4 is 5.91 Å². The largest absolute Gasteiger partial charge is 0.337 e. The normalized spacial score (nSPS) is 37.9. The lowest BCUT2D eigenvalue weighted by Gasteiger charge is -2.28. The number of hydrogen-bond acceptors (Lipinski definition) is 2. The number of carbonyl (C=O) groups is 1. The van der Waals surface area contributed by atoms with Crippen molar-refractivity contribution < 1.29 is 4.79 Å². The van der Waals surface area contributed by atoms with E-state index in [0.717, 1.165) is 19.5 Å². The molecule has 2 unspecified atom stereocenters. The first kappa shape index (κ1) is 9.97. The van der Waals surface area contributed by atoms with E-state index in [1.807, 2.05) is 0 Å². The van der Waals surface area contributed by atoms with Gasteiger partial charge in [0.05, 0.1) is 5.92 Å². The highest BCUT2D eigenvalue weighted by Crippen LogP contribution is 2.26. The van der Waals surface area contributed by atoms with Crippen molar-refractivity contribution in [3.63, 3.8) is 0 Å². The average Bonchev–Trinajstić information content (AvgIpc) is 2.75. The Labute approximate surface area is 85.8 Å². The van der Waals surface area contributed by atoms with Crippen molar-refractivity contribution in [3.8, 4) is 0 Å². The van der Waals surface area contributed by atoms with Gasteiger partial charge in [0, 0.05) is 18.6 Å². The van der Waals surface area contributed by atoms with Crippen LogP contribution < -0.4 is 5.32 Å². The van der Waals surface area contributed by atoms with Crippen LogP contribution in [0.25, 0.3) is 0 Å². The van der Waals surface area contributed by atoms with E-state index in [-0.39, 0.29) is 5.92 Å². The van der Waals surface area contributed by atoms with Gasteiger partial charge in [0.1, 0.15) is 0 Å². The Kier molecular flexibility index (Phi) is 2.77. The molecule has 2 heterocycles. The van der Waals surface area contributed by atoms with Crippen LogP contribution >= 0.6 is 0 Å². The molecule has 0 aromatic rings. The summed E-state index contributed by atoms with van der Waals surface area (Å²) in [6.07, 6.45) is 3.37. The second-order valence-corrected chi connectivity index (χ2v) is 4.71. The molecule has 2 saturated heterocycles. The van der Waals surface area contributed by atoms with Gasteiger partial charge in [0.15, 0.2) is 0 Å². The predicted molar refractivity (Wildman–Crippen MR) is 56.0 cm³/mol. The Hall–Kier alpha value is -0.570. The summed E-state index contributed by atoms with van der Waals surface area (Å²) in [7, 11) is 0. The molecule has 14 heavy (non-hydrogen) atoms. The van der Waals surface area contributed by atoms with Crippen molar-refractivity contribution in [1.29, 1.82) is 0 Å². The van der Waals surface area contributed by atoms with Crippen LogP contribution in [0.15, 0.2) is 0 Å². The van der Waals surface area contributed by atoms with Gasteiger partial charge >= 0.3 is 0 Å². The van der Waals surface area contributed by atoms with E-state index in [1.54, 1.807) is 0 Å². The zero-order valence-electron chi connectivity index (χ0n) is 9.12. The first-order valence-corrected chi connectivity index (χ1v) is 5.73. The van der Waals surface area contributed by atoms with Crippen LogP contribution in [0, 0.1) is 5.92 Å². The van der Waals surface area contributed by atoms with Crippen molar-refractivity contribution in [2.24, 2.45) is 5.92 Å². The molecule has 0 aromatic heterocycles. The minimum absolute atomic E-state index is 0.248. The monoisotopic (exact) mass is 196 g/mol. The lowest BCUT2D eigenvalue weighted by molar-refractivity contribution is -0.137. The first-order valence-electron chi connectivity index (χ1n) is 5.73. The highest BCUT2D eigenvalue weighted by Gasteiger charge is 2.35. The van der Waals surface area contributed by atoms with E-state index >= 15 is 0 Å². The van der Waals surface area contributed by atoms with Gasteiger partial charge in [-0.1, -0.05) is 0 Å². The maximum Gasteiger partial charge on any atom is 0.227 e. The second-order valence-electron chi connectivity index (χ2n) is 4.71. The topological polar surface area (TPSA) is 32.3 Å². The van der Waals surface area contributed by atoms with Crippen molar-refractivity contribution in [3.05, 3.63) is 0 Å². The third kappa shape index (κ3) is 1.65. The van der Waals surface area contributed by atoms with Gasteiger partial charge in [-0.15, -0.1) is 0 Å². The molecule has 0 radical (unpaired) electrons. The molecule has 2 aliphatic heterocycles. The average molecular weight is 196 g/mol. The summed E-state index contributed by atoms with van der Waals surface area (Å²) in [4.78, 5) is 14.3. The minimum atomic E-state index is 0.248. The van der Waals surface area contributed by atoms with Crippen LogP contribution in [0.1, 0.15) is 33.1 Å². The lowest BCUT2D eigenvalue weighted by atomic mass is 10.1. The number of rotatable bonds is 1. The van der Waals surface area contributed by atoms with Crippen LogP contribution in [0.5, 0.6) is 0 Å². The van der Waals surface area contributed by atoms with E-state index in [0.29, 0.717) is 18.0 Å². The van der Waals surface area contributed by atoms with Crippen LogP contribution in [-0.4, -0.2) is 36.0 Å². The standard InChI is InChI=1S/C11H20N2O/c1-8-3-4-9(2)13(8)11(14)10-5-6-12-7-10/h8-10,12H,3-7H2,1-2H3/t8?,9?,10-/m1/s1. The molecule has 3 atom stereocenters. The number of likely N-dealkylation sites (tertiary alicyclic amines) is 1. The summed E-state index contributed by atoms with van der Waals surface area (Å²) in [6.45, 7) is 6.23. The Morgan fingerprint density at radius 2 is 1.86 bits per heavy atom. The zero-order chi connectivity index (χ0) is 10.1. The van der Waals surface area contributed by atoms with Gasteiger partial charge < -0.3 is 10.2 Å². The molecule has 1 N–H and O–H groups in total. The van der Waals surface area contributed by atoms with E-state index in [1.165, 1.54) is 12.8 Å². The Morgan fingerprint density at radius 1 is 1.21 bits per heavy atom. The summed E-state index contributed by atoms with van der Waals surface area (Å²) in [6, 6.07) is 0.913. The maximum atomic E-state index is 12.2. The molecule has 0 spiro atoms. The van der Waals surface area contributed by atoms with Crippen LogP contribution in [-0.2, 0) is 4.79 Å². The van der Waals surface area contributed by atoms with Gasteiger partial charge in [-0.2, -0.15) is 0 Å². The van der Waals surface area contributed by atoms with Gasteiger partial charge in [0.25, 0.3) is 0 Å². The van der Waals surface area contributed by atoms with Gasteiger partial charge in [-0.25, -0.2) is 0 Å². The number of nitrogens with zero attached hydrogens (tertiary/aromatic N) is 1. The van der Waals surface area contributed by atoms with E-state index < -0.39 is 0 Å². The molecule has 0 saturated carbocycles. The molecule has 3 heteroatoms. The summed E-state index contributed by atoms with van der Waals surface area (Å²) in [5.41, 5.74) is 0. The predicted octanol–water partition coefficient (Wildman–Crippen LogP) is 0.995. The SMILES string of the molecule is CC1CCC(C)N1C(=O)[C@@H]1CCNC1. The molecular formula is C11H20N2O. The van der Waals surface area contributed by atoms with Crippen molar-refractivity contribution in [2.45, 2.75) is 45.2 Å². The van der Waals surface area contributed by atoms with Gasteiger partial charge in [-0.3, -0.25) is 4.79 Å². The fourth-order valence-electron chi connectivity index (χ4n) is 2.71. The van der Waals surface area contributed by atoms with Crippen LogP contribution in [0.3, 0.4) is 0 Å². The highest BCUT2D eigenvalue weighted by atomic mass is 16.2. The molecule has 0 aliphatic carbocycles. The highest BCUT2D eigenvalue weighted by molar-refractivity contribution is 5.80. The summed E-state index contributed by atoms with van der Waals surface area (Å²) < 4.78 is 0. The summed E-state index contributed by atoms with van der Waals surface area (Å²) >= 11 is 0. The molecule has 2 aliphatic rings. The Morgan fingerprint density at radius 3 is 2.36 bits per heavy atom. The van der Waals surface area contributed by atoms with E-state index in [2.05, 4.69) is 24.1 Å². The van der Waals surface area contributed by atoms with Crippen LogP contribution in [0.2, 0.25) is 0 Å². The molecule has 2 rings (SSSR count). The molecule has 80 valence electrons. The van der Waals surface area contributed by atoms with E-state index in [9.17, 15) is 4.79 Å². The number of nitrogens with one attached hydrogen (secondary N) is 1. The number of hydrogen-bond donors (Lipinski definition) is 1. The third-order valence-electron chi connectivity index (χ3n) is 3.62. The fourth-order valence-corrected chi connectivity index (χ4v) is 2.71. The van der Waals surface area contributed by atoms with Crippen molar-refractivity contribution in [2.75, 3.05) is 13.1 Å². The molecule has 0 bridgehead atoms. The summed E-state index contributed by atoms with van der Waals surface area (Å²) in [5.74, 6) is 0.630. The number of amides is 1. The molecule has 3 nitrogen and oxygen atoms in total. The molecule has 1 amide bonds. The fraction of sp³-hybridized carbons (Fsp3) is 0.909. The molecule has 2 fully saturated rings. The van der Waals surface area contributed by atoms with Crippen molar-refractivity contribution in [1.82, 2.24) is 10.2 Å². The minimum Gasteiger partial charge on any atom is -0.337 e. The lowest BCUT2D eigenvalue weighted by Crippen LogP contribution is -2.42. The first-order chi connectivity index (χ1) is 6.70. The Balaban J connectivity index is 2.02. The van der Waals surface area contributed by atoms with Gasteiger partial charge in [-0.05, 0) is 39.7 Å². The second kappa shape index (κ2) is 3.89. The number of carbonyl (C=O) groups excluding carboxylic acids is 1. The van der Waals surface area contributed by atoms with Crippen LogP contribution in [0.4, 0.5) is 0 Å². The third-order valence-corrected chi connectivity index (χ3v) is 3.62. The summed E-state index contributed by atoms with van der Waals surface area (Å²) in [5, 5.41) is 3.26. The quantitative estimate of drug-likeness (QED) is 0.678. The van der Waals surface area contributed by atoms with E-state index in [4.69, 9.17) is 0 Å². The molecule has 0 aromatic carbocycles. The maximum absolute atomic E-state index is 12.2. The Bertz CT molecular complexity index is 213. The molecular weight excluding hydrogens is 176 g/mol. The zero-order valence-corrected chi connectivity index (χ0v) is 9.12. The smallest absolute Gasteiger partial charge is 0.227 e.